The SMILES string of the molecule is CCCn1ncnc1CC1(O)CCN(CC(C)C)CC1. The van der Waals surface area contributed by atoms with Crippen LogP contribution in [0, 0.1) is 5.92 Å². The molecule has 114 valence electrons. The highest BCUT2D eigenvalue weighted by Crippen LogP contribution is 2.26. The molecule has 1 aromatic heterocycles. The molecule has 5 heteroatoms. The average Bonchev–Trinajstić information content (AvgIpc) is 2.80. The fraction of sp³-hybridized carbons (Fsp3) is 0.867. The minimum atomic E-state index is -0.605. The van der Waals surface area contributed by atoms with Crippen molar-refractivity contribution < 1.29 is 5.11 Å². The number of aromatic nitrogens is 3. The Hall–Kier alpha value is -0.940. The van der Waals surface area contributed by atoms with E-state index in [0.29, 0.717) is 12.3 Å². The molecule has 20 heavy (non-hydrogen) atoms. The standard InChI is InChI=1S/C15H28N4O/c1-4-7-19-14(16-12-17-19)10-15(20)5-8-18(9-6-15)11-13(2)3/h12-13,20H,4-11H2,1-3H3. The Morgan fingerprint density at radius 2 is 2.05 bits per heavy atom. The van der Waals surface area contributed by atoms with Crippen molar-refractivity contribution in [1.29, 1.82) is 0 Å². The molecule has 0 spiro atoms. The van der Waals surface area contributed by atoms with E-state index in [2.05, 4.69) is 35.8 Å². The first kappa shape index (κ1) is 15.4. The quantitative estimate of drug-likeness (QED) is 0.862. The molecule has 0 saturated carbocycles. The van der Waals surface area contributed by atoms with E-state index < -0.39 is 5.60 Å². The third-order valence-corrected chi connectivity index (χ3v) is 4.03. The summed E-state index contributed by atoms with van der Waals surface area (Å²) in [7, 11) is 0. The van der Waals surface area contributed by atoms with E-state index >= 15 is 0 Å². The molecule has 1 N–H and O–H groups in total. The van der Waals surface area contributed by atoms with Crippen LogP contribution < -0.4 is 0 Å². The molecule has 2 rings (SSSR count). The van der Waals surface area contributed by atoms with E-state index in [-0.39, 0.29) is 0 Å². The number of hydrogen-bond donors (Lipinski definition) is 1. The van der Waals surface area contributed by atoms with Crippen molar-refractivity contribution in [2.45, 2.75) is 58.6 Å². The smallest absolute Gasteiger partial charge is 0.138 e. The molecule has 1 fully saturated rings. The Kier molecular flexibility index (Phi) is 5.16. The van der Waals surface area contributed by atoms with Crippen LogP contribution in [-0.2, 0) is 13.0 Å². The van der Waals surface area contributed by atoms with E-state index in [4.69, 9.17) is 0 Å². The molecule has 0 unspecified atom stereocenters. The minimum Gasteiger partial charge on any atom is -0.389 e. The van der Waals surface area contributed by atoms with Crippen molar-refractivity contribution in [2.75, 3.05) is 19.6 Å². The Morgan fingerprint density at radius 1 is 1.35 bits per heavy atom. The Balaban J connectivity index is 1.91. The van der Waals surface area contributed by atoms with Crippen LogP contribution in [0.4, 0.5) is 0 Å². The van der Waals surface area contributed by atoms with Crippen molar-refractivity contribution in [3.05, 3.63) is 12.2 Å². The molecular formula is C15H28N4O. The predicted molar refractivity (Wildman–Crippen MR) is 79.5 cm³/mol. The van der Waals surface area contributed by atoms with Crippen LogP contribution in [0.25, 0.3) is 0 Å². The van der Waals surface area contributed by atoms with Gasteiger partial charge < -0.3 is 10.0 Å². The van der Waals surface area contributed by atoms with Crippen molar-refractivity contribution in [2.24, 2.45) is 5.92 Å². The Morgan fingerprint density at radius 3 is 2.65 bits per heavy atom. The number of nitrogens with zero attached hydrogens (tertiary/aromatic N) is 4. The number of aryl methyl sites for hydroxylation is 1. The van der Waals surface area contributed by atoms with E-state index in [1.54, 1.807) is 6.33 Å². The normalized spacial score (nSPS) is 19.6. The van der Waals surface area contributed by atoms with Gasteiger partial charge in [-0.15, -0.1) is 0 Å². The van der Waals surface area contributed by atoms with Gasteiger partial charge in [-0.1, -0.05) is 20.8 Å². The van der Waals surface area contributed by atoms with Gasteiger partial charge in [0.2, 0.25) is 0 Å². The highest BCUT2D eigenvalue weighted by Gasteiger charge is 2.33. The first-order chi connectivity index (χ1) is 9.52. The second kappa shape index (κ2) is 6.68. The van der Waals surface area contributed by atoms with Gasteiger partial charge in [-0.25, -0.2) is 4.98 Å². The summed E-state index contributed by atoms with van der Waals surface area (Å²) in [5, 5.41) is 15.0. The third kappa shape index (κ3) is 4.03. The lowest BCUT2D eigenvalue weighted by Gasteiger charge is -2.38. The second-order valence-electron chi connectivity index (χ2n) is 6.49. The van der Waals surface area contributed by atoms with Crippen molar-refractivity contribution in [3.63, 3.8) is 0 Å². The summed E-state index contributed by atoms with van der Waals surface area (Å²) in [5.74, 6) is 1.61. The summed E-state index contributed by atoms with van der Waals surface area (Å²) in [6.07, 6.45) is 4.93. The molecule has 0 aliphatic carbocycles. The van der Waals surface area contributed by atoms with Gasteiger partial charge in [-0.2, -0.15) is 5.10 Å². The molecule has 0 aromatic carbocycles. The lowest BCUT2D eigenvalue weighted by Crippen LogP contribution is -2.47. The summed E-state index contributed by atoms with van der Waals surface area (Å²) in [4.78, 5) is 6.77. The molecule has 2 heterocycles. The number of aliphatic hydroxyl groups is 1. The van der Waals surface area contributed by atoms with Gasteiger partial charge in [-0.05, 0) is 25.2 Å². The van der Waals surface area contributed by atoms with Crippen molar-refractivity contribution in [3.8, 4) is 0 Å². The summed E-state index contributed by atoms with van der Waals surface area (Å²) in [6, 6.07) is 0. The van der Waals surface area contributed by atoms with E-state index in [0.717, 1.165) is 51.3 Å². The highest BCUT2D eigenvalue weighted by molar-refractivity contribution is 4.97. The van der Waals surface area contributed by atoms with Crippen LogP contribution in [-0.4, -0.2) is 50.0 Å². The van der Waals surface area contributed by atoms with Crippen LogP contribution in [0.1, 0.15) is 45.9 Å². The number of hydrogen-bond acceptors (Lipinski definition) is 4. The predicted octanol–water partition coefficient (Wildman–Crippen LogP) is 1.71. The van der Waals surface area contributed by atoms with Gasteiger partial charge in [0.25, 0.3) is 0 Å². The molecule has 1 aromatic rings. The van der Waals surface area contributed by atoms with E-state index in [1.165, 1.54) is 0 Å². The monoisotopic (exact) mass is 280 g/mol. The zero-order chi connectivity index (χ0) is 14.6. The molecule has 1 aliphatic rings. The Labute approximate surface area is 122 Å². The summed E-state index contributed by atoms with van der Waals surface area (Å²) in [5.41, 5.74) is -0.605. The van der Waals surface area contributed by atoms with Crippen LogP contribution in [0.2, 0.25) is 0 Å². The molecule has 0 radical (unpaired) electrons. The number of rotatable bonds is 6. The van der Waals surface area contributed by atoms with Crippen LogP contribution in [0.5, 0.6) is 0 Å². The Bertz CT molecular complexity index is 408. The van der Waals surface area contributed by atoms with E-state index in [1.807, 2.05) is 4.68 Å². The zero-order valence-corrected chi connectivity index (χ0v) is 13.0. The maximum atomic E-state index is 10.8. The lowest BCUT2D eigenvalue weighted by atomic mass is 9.87. The maximum Gasteiger partial charge on any atom is 0.138 e. The van der Waals surface area contributed by atoms with Crippen LogP contribution >= 0.6 is 0 Å². The lowest BCUT2D eigenvalue weighted by molar-refractivity contribution is -0.0248. The minimum absolute atomic E-state index is 0.605. The van der Waals surface area contributed by atoms with Crippen LogP contribution in [0.3, 0.4) is 0 Å². The summed E-state index contributed by atoms with van der Waals surface area (Å²) >= 11 is 0. The molecule has 5 nitrogen and oxygen atoms in total. The largest absolute Gasteiger partial charge is 0.389 e. The fourth-order valence-corrected chi connectivity index (χ4v) is 2.96. The van der Waals surface area contributed by atoms with Crippen molar-refractivity contribution in [1.82, 2.24) is 19.7 Å². The van der Waals surface area contributed by atoms with Gasteiger partial charge in [0.05, 0.1) is 5.60 Å². The van der Waals surface area contributed by atoms with Gasteiger partial charge in [0.1, 0.15) is 12.2 Å². The fourth-order valence-electron chi connectivity index (χ4n) is 2.96. The number of likely N-dealkylation sites (tertiary alicyclic amines) is 1. The third-order valence-electron chi connectivity index (χ3n) is 4.03. The zero-order valence-electron chi connectivity index (χ0n) is 13.0. The molecule has 0 bridgehead atoms. The average molecular weight is 280 g/mol. The van der Waals surface area contributed by atoms with Gasteiger partial charge in [-0.3, -0.25) is 4.68 Å². The molecule has 1 saturated heterocycles. The van der Waals surface area contributed by atoms with Crippen LogP contribution in [0.15, 0.2) is 6.33 Å². The van der Waals surface area contributed by atoms with Crippen molar-refractivity contribution >= 4 is 0 Å². The second-order valence-corrected chi connectivity index (χ2v) is 6.49. The first-order valence-electron chi connectivity index (χ1n) is 7.84. The summed E-state index contributed by atoms with van der Waals surface area (Å²) in [6.45, 7) is 10.6. The molecule has 0 atom stereocenters. The van der Waals surface area contributed by atoms with E-state index in [9.17, 15) is 5.11 Å². The topological polar surface area (TPSA) is 54.2 Å². The number of piperidine rings is 1. The molecular weight excluding hydrogens is 252 g/mol. The maximum absolute atomic E-state index is 10.8. The van der Waals surface area contributed by atoms with Gasteiger partial charge in [0.15, 0.2) is 0 Å². The highest BCUT2D eigenvalue weighted by atomic mass is 16.3. The molecule has 0 amide bonds. The molecule has 1 aliphatic heterocycles. The first-order valence-corrected chi connectivity index (χ1v) is 7.84. The summed E-state index contributed by atoms with van der Waals surface area (Å²) < 4.78 is 1.93. The van der Waals surface area contributed by atoms with Gasteiger partial charge >= 0.3 is 0 Å². The van der Waals surface area contributed by atoms with Gasteiger partial charge in [0, 0.05) is 32.6 Å².